The molecule has 0 heterocycles. The van der Waals surface area contributed by atoms with E-state index in [9.17, 15) is 4.79 Å². The largest absolute Gasteiger partial charge is 0.439 e. The van der Waals surface area contributed by atoms with Crippen LogP contribution in [0.4, 0.5) is 0 Å². The summed E-state index contributed by atoms with van der Waals surface area (Å²) < 4.78 is 3.96. The molecule has 0 atom stereocenters. The van der Waals surface area contributed by atoms with Crippen molar-refractivity contribution < 1.29 is 14.6 Å². The van der Waals surface area contributed by atoms with Crippen LogP contribution in [0.1, 0.15) is 6.92 Å². The number of carbonyl (C=O) groups excluding carboxylic acids is 1. The molecule has 0 saturated heterocycles. The van der Waals surface area contributed by atoms with Crippen molar-refractivity contribution in [3.63, 3.8) is 0 Å². The van der Waals surface area contributed by atoms with Gasteiger partial charge >= 0.3 is 5.97 Å². The number of hydrogen-bond acceptors (Lipinski definition) is 3. The summed E-state index contributed by atoms with van der Waals surface area (Å²) >= 11 is 0. The summed E-state index contributed by atoms with van der Waals surface area (Å²) in [4.78, 5) is 9.66. The first-order valence-electron chi connectivity index (χ1n) is 1.51. The zero-order valence-electron chi connectivity index (χ0n) is 3.47. The van der Waals surface area contributed by atoms with E-state index in [2.05, 4.69) is 4.74 Å². The molecule has 0 aliphatic heterocycles. The van der Waals surface area contributed by atoms with Crippen LogP contribution in [0.5, 0.6) is 0 Å². The Balaban J connectivity index is 2.83. The average Bonchev–Trinajstić information content (AvgIpc) is 1.35. The second-order valence-electron chi connectivity index (χ2n) is 0.765. The van der Waals surface area contributed by atoms with E-state index >= 15 is 0 Å². The minimum absolute atomic E-state index is 0.461. The third-order valence-corrected chi connectivity index (χ3v) is 0.268. The first-order valence-corrected chi connectivity index (χ1v) is 1.51. The van der Waals surface area contributed by atoms with Crippen LogP contribution in [0.2, 0.25) is 0 Å². The maximum Gasteiger partial charge on any atom is 0.304 e. The van der Waals surface area contributed by atoms with Gasteiger partial charge in [0.05, 0.1) is 0 Å². The Morgan fingerprint density at radius 2 is 2.50 bits per heavy atom. The maximum absolute atomic E-state index is 9.66. The van der Waals surface area contributed by atoms with Gasteiger partial charge in [-0.25, -0.2) is 0 Å². The van der Waals surface area contributed by atoms with Crippen LogP contribution in [-0.2, 0) is 9.53 Å². The zero-order valence-corrected chi connectivity index (χ0v) is 3.47. The fraction of sp³-hybridized carbons (Fsp3) is 0.667. The molecule has 0 rings (SSSR count). The molecule has 0 amide bonds. The molecule has 0 aliphatic rings. The minimum atomic E-state index is -0.519. The van der Waals surface area contributed by atoms with Crippen LogP contribution in [0.15, 0.2) is 0 Å². The van der Waals surface area contributed by atoms with Crippen molar-refractivity contribution in [1.29, 1.82) is 0 Å². The quantitative estimate of drug-likeness (QED) is 0.348. The van der Waals surface area contributed by atoms with E-state index in [0.29, 0.717) is 0 Å². The number of ether oxygens (including phenoxy) is 1. The third kappa shape index (κ3) is 3.43. The molecule has 0 saturated carbocycles. The molecule has 1 N–H and O–H groups in total. The molecule has 0 unspecified atom stereocenters. The highest BCUT2D eigenvalue weighted by atomic mass is 16.6. The highest BCUT2D eigenvalue weighted by molar-refractivity contribution is 5.65. The molecule has 36 valence electrons. The lowest BCUT2D eigenvalue weighted by Crippen LogP contribution is -1.97. The molecule has 3 nitrogen and oxygen atoms in total. The lowest BCUT2D eigenvalue weighted by atomic mass is 10.8. The van der Waals surface area contributed by atoms with Gasteiger partial charge in [-0.05, 0) is 0 Å². The summed E-state index contributed by atoms with van der Waals surface area (Å²) in [5.41, 5.74) is 0. The molecule has 0 aromatic heterocycles. The van der Waals surface area contributed by atoms with E-state index in [4.69, 9.17) is 5.11 Å². The van der Waals surface area contributed by atoms with Gasteiger partial charge in [-0.1, -0.05) is 0 Å². The summed E-state index contributed by atoms with van der Waals surface area (Å²) in [6.07, 6.45) is 0. The molecular weight excluding hydrogens is 84.0 g/mol. The molecular formula is C3H6O3. The Morgan fingerprint density at radius 1 is 2.00 bits per heavy atom. The molecule has 0 aromatic carbocycles. The summed E-state index contributed by atoms with van der Waals surface area (Å²) in [6, 6.07) is 0. The molecule has 0 bridgehead atoms. The van der Waals surface area contributed by atoms with E-state index < -0.39 is 12.8 Å². The number of hydrogen-bond donors (Lipinski definition) is 1. The van der Waals surface area contributed by atoms with E-state index in [0.717, 1.165) is 0 Å². The third-order valence-electron chi connectivity index (χ3n) is 0.268. The molecule has 0 fully saturated rings. The lowest BCUT2D eigenvalue weighted by Gasteiger charge is -1.88. The zero-order chi connectivity index (χ0) is 4.99. The Morgan fingerprint density at radius 3 is 2.50 bits per heavy atom. The van der Waals surface area contributed by atoms with Crippen LogP contribution in [0.25, 0.3) is 0 Å². The topological polar surface area (TPSA) is 46.5 Å². The highest BCUT2D eigenvalue weighted by Gasteiger charge is 1.82. The highest BCUT2D eigenvalue weighted by Crippen LogP contribution is 1.67. The van der Waals surface area contributed by atoms with Crippen LogP contribution < -0.4 is 0 Å². The summed E-state index contributed by atoms with van der Waals surface area (Å²) in [7, 11) is 0. The van der Waals surface area contributed by atoms with Gasteiger partial charge in [-0.15, -0.1) is 0 Å². The molecule has 0 radical (unpaired) electrons. The summed E-state index contributed by atoms with van der Waals surface area (Å²) in [6.45, 7) is 0.714. The Bertz CT molecular complexity index is 50.0. The van der Waals surface area contributed by atoms with Crippen LogP contribution in [-0.4, -0.2) is 17.9 Å². The summed E-state index contributed by atoms with van der Waals surface area (Å²) in [5, 5.41) is 7.79. The van der Waals surface area contributed by atoms with Crippen molar-refractivity contribution in [2.45, 2.75) is 6.92 Å². The molecule has 0 aromatic rings. The first-order chi connectivity index (χ1) is 2.77. The first kappa shape index (κ1) is 5.43. The van der Waals surface area contributed by atoms with Crippen molar-refractivity contribution in [2.24, 2.45) is 0 Å². The maximum atomic E-state index is 9.66. The smallest absolute Gasteiger partial charge is 0.304 e. The lowest BCUT2D eigenvalue weighted by molar-refractivity contribution is -0.148. The van der Waals surface area contributed by atoms with Gasteiger partial charge in [0.15, 0.2) is 6.79 Å². The summed E-state index contributed by atoms with van der Waals surface area (Å²) in [5.74, 6) is -0.461. The number of aliphatic hydroxyl groups excluding tert-OH is 1. The van der Waals surface area contributed by atoms with Gasteiger partial charge in [-0.3, -0.25) is 4.79 Å². The van der Waals surface area contributed by atoms with Crippen LogP contribution >= 0.6 is 0 Å². The van der Waals surface area contributed by atoms with E-state index in [1.165, 1.54) is 6.92 Å². The van der Waals surface area contributed by atoms with Crippen LogP contribution in [0.3, 0.4) is 0 Å². The van der Waals surface area contributed by atoms with Gasteiger partial charge in [0.2, 0.25) is 0 Å². The Kier molecular flexibility index (Phi) is 2.40. The predicted molar refractivity (Wildman–Crippen MR) is 18.9 cm³/mol. The number of aliphatic hydroxyl groups is 1. The van der Waals surface area contributed by atoms with E-state index in [1.807, 2.05) is 0 Å². The number of rotatable bonds is 1. The Hall–Kier alpha value is -0.570. The molecule has 0 spiro atoms. The average molecular weight is 90.1 g/mol. The SMILES string of the molecule is CC(=O)OCO. The van der Waals surface area contributed by atoms with Crippen LogP contribution in [0, 0.1) is 0 Å². The Labute approximate surface area is 35.5 Å². The molecule has 0 aliphatic carbocycles. The minimum Gasteiger partial charge on any atom is -0.439 e. The number of carbonyl (C=O) groups is 1. The van der Waals surface area contributed by atoms with Gasteiger partial charge in [0.1, 0.15) is 0 Å². The van der Waals surface area contributed by atoms with Gasteiger partial charge in [0.25, 0.3) is 0 Å². The molecule has 3 heteroatoms. The standard InChI is InChI=1S/C3H6O3/c1-3(5)6-2-4/h4H,2H2,1H3. The van der Waals surface area contributed by atoms with Crippen molar-refractivity contribution in [3.05, 3.63) is 0 Å². The fourth-order valence-corrected chi connectivity index (χ4v) is 0.0909. The van der Waals surface area contributed by atoms with Gasteiger partial charge in [0, 0.05) is 6.92 Å². The normalized spacial score (nSPS) is 7.67. The van der Waals surface area contributed by atoms with E-state index in [-0.39, 0.29) is 0 Å². The van der Waals surface area contributed by atoms with Crippen molar-refractivity contribution in [2.75, 3.05) is 6.79 Å². The fourth-order valence-electron chi connectivity index (χ4n) is 0.0909. The predicted octanol–water partition coefficient (Wildman–Crippen LogP) is -0.501. The van der Waals surface area contributed by atoms with Gasteiger partial charge < -0.3 is 9.84 Å². The second kappa shape index (κ2) is 2.66. The second-order valence-corrected chi connectivity index (χ2v) is 0.765. The number of esters is 1. The van der Waals surface area contributed by atoms with Crippen molar-refractivity contribution in [1.82, 2.24) is 0 Å². The molecule has 6 heavy (non-hydrogen) atoms. The van der Waals surface area contributed by atoms with E-state index in [1.54, 1.807) is 0 Å². The van der Waals surface area contributed by atoms with Crippen molar-refractivity contribution >= 4 is 5.97 Å². The van der Waals surface area contributed by atoms with Gasteiger partial charge in [-0.2, -0.15) is 0 Å². The van der Waals surface area contributed by atoms with Crippen molar-refractivity contribution in [3.8, 4) is 0 Å². The monoisotopic (exact) mass is 90.0 g/mol.